The Morgan fingerprint density at radius 3 is 2.52 bits per heavy atom. The summed E-state index contributed by atoms with van der Waals surface area (Å²) in [6.07, 6.45) is 5.73. The van der Waals surface area contributed by atoms with Gasteiger partial charge in [0.1, 0.15) is 23.9 Å². The number of carbonyl (C=O) groups is 2. The SMILES string of the molecule is CCN(CC)CCOc1ccc([C@H](C)NC(=O)c2ccc(N3CCCC4CC(NC(=O)c5cccc(OC)c5C)CC43)nc2)cc1. The molecule has 3 aromatic rings. The van der Waals surface area contributed by atoms with Crippen LogP contribution in [0.2, 0.25) is 0 Å². The highest BCUT2D eigenvalue weighted by atomic mass is 16.5. The van der Waals surface area contributed by atoms with E-state index in [0.29, 0.717) is 29.7 Å². The minimum Gasteiger partial charge on any atom is -0.496 e. The quantitative estimate of drug-likeness (QED) is 0.248. The van der Waals surface area contributed by atoms with Crippen molar-refractivity contribution in [1.82, 2.24) is 20.5 Å². The molecule has 1 aliphatic heterocycles. The Morgan fingerprint density at radius 1 is 1.04 bits per heavy atom. The molecule has 2 aromatic carbocycles. The van der Waals surface area contributed by atoms with E-state index in [1.54, 1.807) is 13.3 Å². The fraction of sp³-hybridized carbons (Fsp3) is 0.486. The number of nitrogens with one attached hydrogen (secondary N) is 2. The summed E-state index contributed by atoms with van der Waals surface area (Å²) in [6, 6.07) is 17.6. The first-order chi connectivity index (χ1) is 22.3. The predicted molar refractivity (Wildman–Crippen MR) is 182 cm³/mol. The van der Waals surface area contributed by atoms with Gasteiger partial charge in [-0.15, -0.1) is 0 Å². The smallest absolute Gasteiger partial charge is 0.253 e. The summed E-state index contributed by atoms with van der Waals surface area (Å²) in [4.78, 5) is 35.7. The molecule has 1 aliphatic carbocycles. The molecule has 0 spiro atoms. The lowest BCUT2D eigenvalue weighted by molar-refractivity contribution is 0.0929. The normalized spacial score (nSPS) is 19.8. The third-order valence-corrected chi connectivity index (χ3v) is 9.72. The number of likely N-dealkylation sites (N-methyl/N-ethyl adjacent to an activating group) is 1. The Hall–Kier alpha value is -4.11. The maximum atomic E-state index is 13.2. The molecule has 3 unspecified atom stereocenters. The average molecular weight is 628 g/mol. The van der Waals surface area contributed by atoms with Gasteiger partial charge < -0.3 is 29.9 Å². The number of pyridine rings is 1. The van der Waals surface area contributed by atoms with Crippen LogP contribution >= 0.6 is 0 Å². The molecule has 5 rings (SSSR count). The van der Waals surface area contributed by atoms with Gasteiger partial charge in [0, 0.05) is 42.5 Å². The highest BCUT2D eigenvalue weighted by Gasteiger charge is 2.41. The van der Waals surface area contributed by atoms with E-state index in [1.807, 2.05) is 68.4 Å². The molecule has 2 aliphatic rings. The number of anilines is 1. The molecule has 1 saturated carbocycles. The number of ether oxygens (including phenoxy) is 2. The summed E-state index contributed by atoms with van der Waals surface area (Å²) < 4.78 is 11.3. The maximum Gasteiger partial charge on any atom is 0.253 e. The van der Waals surface area contributed by atoms with Gasteiger partial charge in [-0.25, -0.2) is 4.98 Å². The van der Waals surface area contributed by atoms with Crippen LogP contribution in [0.5, 0.6) is 11.5 Å². The minimum atomic E-state index is -0.161. The molecule has 9 heteroatoms. The number of rotatable bonds is 13. The second-order valence-electron chi connectivity index (χ2n) is 12.5. The van der Waals surface area contributed by atoms with E-state index in [0.717, 1.165) is 80.3 Å². The number of hydrogen-bond acceptors (Lipinski definition) is 7. The van der Waals surface area contributed by atoms with E-state index in [-0.39, 0.29) is 23.9 Å². The van der Waals surface area contributed by atoms with Crippen LogP contribution in [0.15, 0.2) is 60.8 Å². The fourth-order valence-corrected chi connectivity index (χ4v) is 6.97. The molecule has 0 bridgehead atoms. The Balaban J connectivity index is 1.14. The van der Waals surface area contributed by atoms with Crippen LogP contribution < -0.4 is 25.0 Å². The molecule has 46 heavy (non-hydrogen) atoms. The summed E-state index contributed by atoms with van der Waals surface area (Å²) in [5.41, 5.74) is 3.05. The lowest BCUT2D eigenvalue weighted by atomic mass is 9.92. The number of piperidine rings is 1. The van der Waals surface area contributed by atoms with E-state index >= 15 is 0 Å². The number of methoxy groups -OCH3 is 1. The van der Waals surface area contributed by atoms with Gasteiger partial charge in [0.25, 0.3) is 11.8 Å². The van der Waals surface area contributed by atoms with Gasteiger partial charge in [-0.2, -0.15) is 0 Å². The first kappa shape index (κ1) is 33.3. The number of carbonyl (C=O) groups excluding carboxylic acids is 2. The molecular weight excluding hydrogens is 578 g/mol. The number of fused-ring (bicyclic) bond motifs is 1. The first-order valence-corrected chi connectivity index (χ1v) is 16.7. The average Bonchev–Trinajstić information content (AvgIpc) is 3.49. The van der Waals surface area contributed by atoms with Crippen LogP contribution in [0.3, 0.4) is 0 Å². The Labute approximate surface area is 273 Å². The van der Waals surface area contributed by atoms with Crippen LogP contribution in [0.1, 0.15) is 84.3 Å². The standard InChI is InChI=1S/C37H49N5O4/c1-6-41(7-2)20-21-46-31-16-13-27(14-17-31)26(4)39-36(43)29-15-18-35(38-24-29)42-19-9-10-28-22-30(23-33(28)42)40-37(44)32-11-8-12-34(45-5)25(32)3/h8,11-18,24,26,28,30,33H,6-7,9-10,19-23H2,1-5H3,(H,39,43)(H,40,44)/t26-,28?,30?,33?/m0/s1. The van der Waals surface area contributed by atoms with Crippen LogP contribution in [-0.2, 0) is 0 Å². The molecule has 2 amide bonds. The summed E-state index contributed by atoms with van der Waals surface area (Å²) in [7, 11) is 1.62. The van der Waals surface area contributed by atoms with Crippen molar-refractivity contribution in [3.63, 3.8) is 0 Å². The molecular formula is C37H49N5O4. The van der Waals surface area contributed by atoms with E-state index in [9.17, 15) is 9.59 Å². The maximum absolute atomic E-state index is 13.2. The van der Waals surface area contributed by atoms with Crippen molar-refractivity contribution in [3.05, 3.63) is 83.0 Å². The van der Waals surface area contributed by atoms with E-state index in [4.69, 9.17) is 14.5 Å². The van der Waals surface area contributed by atoms with E-state index in [1.165, 1.54) is 0 Å². The first-order valence-electron chi connectivity index (χ1n) is 16.7. The highest BCUT2D eigenvalue weighted by Crippen LogP contribution is 2.39. The number of amides is 2. The van der Waals surface area contributed by atoms with Gasteiger partial charge in [0.05, 0.1) is 18.7 Å². The zero-order valence-electron chi connectivity index (χ0n) is 27.9. The third kappa shape index (κ3) is 7.81. The topological polar surface area (TPSA) is 96.0 Å². The van der Waals surface area contributed by atoms with Crippen LogP contribution in [0.4, 0.5) is 5.82 Å². The Morgan fingerprint density at radius 2 is 1.83 bits per heavy atom. The summed E-state index contributed by atoms with van der Waals surface area (Å²) in [5, 5.41) is 6.39. The highest BCUT2D eigenvalue weighted by molar-refractivity contribution is 5.96. The molecule has 2 heterocycles. The third-order valence-electron chi connectivity index (χ3n) is 9.72. The van der Waals surface area contributed by atoms with Gasteiger partial charge >= 0.3 is 0 Å². The van der Waals surface area contributed by atoms with Crippen molar-refractivity contribution >= 4 is 17.6 Å². The van der Waals surface area contributed by atoms with Crippen LogP contribution in [0, 0.1) is 12.8 Å². The summed E-state index contributed by atoms with van der Waals surface area (Å²) in [5.74, 6) is 2.72. The molecule has 2 fully saturated rings. The monoisotopic (exact) mass is 627 g/mol. The summed E-state index contributed by atoms with van der Waals surface area (Å²) >= 11 is 0. The van der Waals surface area contributed by atoms with Crippen molar-refractivity contribution in [2.24, 2.45) is 5.92 Å². The fourth-order valence-electron chi connectivity index (χ4n) is 6.97. The number of aromatic nitrogens is 1. The molecule has 9 nitrogen and oxygen atoms in total. The Kier molecular flexibility index (Phi) is 11.2. The van der Waals surface area contributed by atoms with Gasteiger partial charge in [-0.1, -0.05) is 32.0 Å². The zero-order chi connectivity index (χ0) is 32.6. The van der Waals surface area contributed by atoms with Crippen LogP contribution in [-0.4, -0.2) is 73.7 Å². The lowest BCUT2D eigenvalue weighted by Gasteiger charge is -2.38. The van der Waals surface area contributed by atoms with E-state index < -0.39 is 0 Å². The number of nitrogens with zero attached hydrogens (tertiary/aromatic N) is 3. The van der Waals surface area contributed by atoms with Gasteiger partial charge in [0.15, 0.2) is 0 Å². The number of benzene rings is 2. The van der Waals surface area contributed by atoms with Crippen molar-refractivity contribution in [2.75, 3.05) is 44.8 Å². The van der Waals surface area contributed by atoms with Crippen molar-refractivity contribution in [2.45, 2.75) is 71.5 Å². The zero-order valence-corrected chi connectivity index (χ0v) is 27.9. The van der Waals surface area contributed by atoms with Crippen molar-refractivity contribution < 1.29 is 19.1 Å². The largest absolute Gasteiger partial charge is 0.496 e. The molecule has 0 radical (unpaired) electrons. The van der Waals surface area contributed by atoms with Gasteiger partial charge in [-0.05, 0) is 100 Å². The molecule has 4 atom stereocenters. The van der Waals surface area contributed by atoms with Gasteiger partial charge in [-0.3, -0.25) is 9.59 Å². The molecule has 246 valence electrons. The van der Waals surface area contributed by atoms with E-state index in [2.05, 4.69) is 34.3 Å². The second-order valence-corrected chi connectivity index (χ2v) is 12.5. The molecule has 1 aromatic heterocycles. The Bertz CT molecular complexity index is 1460. The van der Waals surface area contributed by atoms with Crippen molar-refractivity contribution in [3.8, 4) is 11.5 Å². The lowest BCUT2D eigenvalue weighted by Crippen LogP contribution is -2.43. The minimum absolute atomic E-state index is 0.0514. The van der Waals surface area contributed by atoms with Crippen molar-refractivity contribution in [1.29, 1.82) is 0 Å². The molecule has 1 saturated heterocycles. The van der Waals surface area contributed by atoms with Gasteiger partial charge in [0.2, 0.25) is 0 Å². The van der Waals surface area contributed by atoms with Crippen LogP contribution in [0.25, 0.3) is 0 Å². The summed E-state index contributed by atoms with van der Waals surface area (Å²) in [6.45, 7) is 12.7. The second kappa shape index (κ2) is 15.5. The predicted octanol–water partition coefficient (Wildman–Crippen LogP) is 5.79. The number of hydrogen-bond donors (Lipinski definition) is 2. The molecule has 2 N–H and O–H groups in total.